The minimum Gasteiger partial charge on any atom is -0.314 e. The van der Waals surface area contributed by atoms with Gasteiger partial charge in [-0.15, -0.1) is 0 Å². The third-order valence-electron chi connectivity index (χ3n) is 4.32. The van der Waals surface area contributed by atoms with Crippen LogP contribution < -0.4 is 10.2 Å². The van der Waals surface area contributed by atoms with E-state index in [4.69, 9.17) is 0 Å². The number of anilines is 1. The molecule has 3 rings (SSSR count). The number of nitrogens with one attached hydrogen (secondary N) is 1. The first kappa shape index (κ1) is 12.7. The maximum absolute atomic E-state index is 11.6. The van der Waals surface area contributed by atoms with Gasteiger partial charge in [0.1, 0.15) is 0 Å². The maximum atomic E-state index is 11.6. The van der Waals surface area contributed by atoms with Crippen LogP contribution in [0.2, 0.25) is 0 Å². The third-order valence-corrected chi connectivity index (χ3v) is 4.32. The Labute approximate surface area is 115 Å². The van der Waals surface area contributed by atoms with Crippen LogP contribution in [0.1, 0.15) is 37.3 Å². The molecular formula is C16H22N2O. The number of hydrogen-bond acceptors (Lipinski definition) is 2. The van der Waals surface area contributed by atoms with Gasteiger partial charge in [0.05, 0.1) is 0 Å². The summed E-state index contributed by atoms with van der Waals surface area (Å²) < 4.78 is 0. The van der Waals surface area contributed by atoms with E-state index < -0.39 is 0 Å². The van der Waals surface area contributed by atoms with Crippen molar-refractivity contribution in [2.45, 2.75) is 45.1 Å². The average Bonchev–Trinajstić information content (AvgIpc) is 2.83. The van der Waals surface area contributed by atoms with Gasteiger partial charge in [0.15, 0.2) is 0 Å². The van der Waals surface area contributed by atoms with E-state index in [0.29, 0.717) is 6.04 Å². The summed E-state index contributed by atoms with van der Waals surface area (Å²) in [5.74, 6) is 0.159. The molecule has 1 saturated heterocycles. The smallest absolute Gasteiger partial charge is 0.223 e. The van der Waals surface area contributed by atoms with Crippen LogP contribution in [0.4, 0.5) is 5.69 Å². The Morgan fingerprint density at radius 3 is 3.05 bits per heavy atom. The van der Waals surface area contributed by atoms with E-state index in [1.165, 1.54) is 30.4 Å². The van der Waals surface area contributed by atoms with Crippen LogP contribution in [-0.2, 0) is 17.6 Å². The van der Waals surface area contributed by atoms with E-state index in [1.807, 2.05) is 4.90 Å². The fraction of sp³-hybridized carbons (Fsp3) is 0.562. The standard InChI is InChI=1S/C16H22N2O/c1-12(19)18-9-7-14-6-5-13(11-16(14)18)10-15-4-2-3-8-17-15/h5-6,11,15,17H,2-4,7-10H2,1H3. The lowest BCUT2D eigenvalue weighted by Gasteiger charge is -2.24. The molecular weight excluding hydrogens is 236 g/mol. The molecule has 2 aliphatic rings. The Morgan fingerprint density at radius 1 is 1.42 bits per heavy atom. The number of amides is 1. The monoisotopic (exact) mass is 258 g/mol. The van der Waals surface area contributed by atoms with Gasteiger partial charge in [-0.05, 0) is 49.4 Å². The zero-order chi connectivity index (χ0) is 13.2. The summed E-state index contributed by atoms with van der Waals surface area (Å²) in [6.07, 6.45) is 5.99. The molecule has 1 N–H and O–H groups in total. The fourth-order valence-corrected chi connectivity index (χ4v) is 3.26. The molecule has 1 fully saturated rings. The first-order chi connectivity index (χ1) is 9.24. The molecule has 0 aromatic heterocycles. The second kappa shape index (κ2) is 5.33. The lowest BCUT2D eigenvalue weighted by Crippen LogP contribution is -2.35. The molecule has 2 heterocycles. The van der Waals surface area contributed by atoms with Gasteiger partial charge < -0.3 is 10.2 Å². The fourth-order valence-electron chi connectivity index (χ4n) is 3.26. The molecule has 1 unspecified atom stereocenters. The number of carbonyl (C=O) groups is 1. The van der Waals surface area contributed by atoms with E-state index in [-0.39, 0.29) is 5.91 Å². The number of fused-ring (bicyclic) bond motifs is 1. The highest BCUT2D eigenvalue weighted by atomic mass is 16.2. The van der Waals surface area contributed by atoms with E-state index in [2.05, 4.69) is 23.5 Å². The predicted molar refractivity (Wildman–Crippen MR) is 77.5 cm³/mol. The molecule has 0 radical (unpaired) electrons. The highest BCUT2D eigenvalue weighted by Gasteiger charge is 2.22. The van der Waals surface area contributed by atoms with Crippen molar-refractivity contribution in [2.24, 2.45) is 0 Å². The van der Waals surface area contributed by atoms with Crippen LogP contribution in [0, 0.1) is 0 Å². The minimum atomic E-state index is 0.159. The van der Waals surface area contributed by atoms with Crippen molar-refractivity contribution in [3.8, 4) is 0 Å². The Hall–Kier alpha value is -1.35. The molecule has 1 aromatic carbocycles. The molecule has 1 aromatic rings. The van der Waals surface area contributed by atoms with Crippen LogP contribution in [0.5, 0.6) is 0 Å². The second-order valence-electron chi connectivity index (χ2n) is 5.73. The van der Waals surface area contributed by atoms with Crippen molar-refractivity contribution in [3.05, 3.63) is 29.3 Å². The lowest BCUT2D eigenvalue weighted by molar-refractivity contribution is -0.116. The maximum Gasteiger partial charge on any atom is 0.223 e. The number of carbonyl (C=O) groups excluding carboxylic acids is 1. The zero-order valence-corrected chi connectivity index (χ0v) is 11.6. The first-order valence-electron chi connectivity index (χ1n) is 7.37. The van der Waals surface area contributed by atoms with Crippen molar-refractivity contribution in [1.29, 1.82) is 0 Å². The molecule has 3 heteroatoms. The summed E-state index contributed by atoms with van der Waals surface area (Å²) in [6.45, 7) is 3.65. The molecule has 2 aliphatic heterocycles. The summed E-state index contributed by atoms with van der Waals surface area (Å²) in [6, 6.07) is 7.27. The van der Waals surface area contributed by atoms with Crippen LogP contribution >= 0.6 is 0 Å². The Bertz CT molecular complexity index is 478. The molecule has 1 amide bonds. The average molecular weight is 258 g/mol. The Morgan fingerprint density at radius 2 is 2.32 bits per heavy atom. The summed E-state index contributed by atoms with van der Waals surface area (Å²) in [5.41, 5.74) is 3.81. The van der Waals surface area contributed by atoms with Crippen molar-refractivity contribution < 1.29 is 4.79 Å². The zero-order valence-electron chi connectivity index (χ0n) is 11.6. The van der Waals surface area contributed by atoms with Crippen molar-refractivity contribution in [3.63, 3.8) is 0 Å². The van der Waals surface area contributed by atoms with Gasteiger partial charge in [0.2, 0.25) is 5.91 Å². The van der Waals surface area contributed by atoms with Crippen molar-refractivity contribution in [2.75, 3.05) is 18.0 Å². The minimum absolute atomic E-state index is 0.159. The SMILES string of the molecule is CC(=O)N1CCc2ccc(CC3CCCCN3)cc21. The highest BCUT2D eigenvalue weighted by Crippen LogP contribution is 2.29. The summed E-state index contributed by atoms with van der Waals surface area (Å²) in [5, 5.41) is 3.59. The van der Waals surface area contributed by atoms with Gasteiger partial charge in [-0.25, -0.2) is 0 Å². The quantitative estimate of drug-likeness (QED) is 0.882. The van der Waals surface area contributed by atoms with Crippen LogP contribution in [0.15, 0.2) is 18.2 Å². The molecule has 0 bridgehead atoms. The van der Waals surface area contributed by atoms with E-state index in [0.717, 1.165) is 31.6 Å². The Kier molecular flexibility index (Phi) is 3.56. The summed E-state index contributed by atoms with van der Waals surface area (Å²) >= 11 is 0. The number of piperidine rings is 1. The normalized spacial score (nSPS) is 22.4. The van der Waals surface area contributed by atoms with Gasteiger partial charge in [-0.2, -0.15) is 0 Å². The molecule has 0 saturated carbocycles. The molecule has 3 nitrogen and oxygen atoms in total. The molecule has 0 aliphatic carbocycles. The lowest BCUT2D eigenvalue weighted by atomic mass is 9.96. The third kappa shape index (κ3) is 2.66. The van der Waals surface area contributed by atoms with E-state index in [1.54, 1.807) is 6.92 Å². The van der Waals surface area contributed by atoms with Gasteiger partial charge in [-0.3, -0.25) is 4.79 Å². The number of hydrogen-bond donors (Lipinski definition) is 1. The van der Waals surface area contributed by atoms with Crippen molar-refractivity contribution >= 4 is 11.6 Å². The van der Waals surface area contributed by atoms with Crippen LogP contribution in [-0.4, -0.2) is 25.0 Å². The van der Waals surface area contributed by atoms with Crippen LogP contribution in [0.3, 0.4) is 0 Å². The second-order valence-corrected chi connectivity index (χ2v) is 5.73. The van der Waals surface area contributed by atoms with Crippen molar-refractivity contribution in [1.82, 2.24) is 5.32 Å². The molecule has 19 heavy (non-hydrogen) atoms. The molecule has 1 atom stereocenters. The number of nitrogens with zero attached hydrogens (tertiary/aromatic N) is 1. The number of benzene rings is 1. The highest BCUT2D eigenvalue weighted by molar-refractivity contribution is 5.93. The summed E-state index contributed by atoms with van der Waals surface area (Å²) in [7, 11) is 0. The summed E-state index contributed by atoms with van der Waals surface area (Å²) in [4.78, 5) is 13.5. The Balaban J connectivity index is 1.77. The number of rotatable bonds is 2. The molecule has 102 valence electrons. The largest absolute Gasteiger partial charge is 0.314 e. The molecule has 0 spiro atoms. The van der Waals surface area contributed by atoms with E-state index in [9.17, 15) is 4.79 Å². The van der Waals surface area contributed by atoms with Gasteiger partial charge in [0, 0.05) is 25.2 Å². The van der Waals surface area contributed by atoms with E-state index >= 15 is 0 Å². The first-order valence-corrected chi connectivity index (χ1v) is 7.37. The topological polar surface area (TPSA) is 32.3 Å². The van der Waals surface area contributed by atoms with Crippen LogP contribution in [0.25, 0.3) is 0 Å². The predicted octanol–water partition coefficient (Wildman–Crippen LogP) is 2.28. The van der Waals surface area contributed by atoms with Gasteiger partial charge in [-0.1, -0.05) is 18.6 Å². The van der Waals surface area contributed by atoms with Gasteiger partial charge in [0.25, 0.3) is 0 Å². The van der Waals surface area contributed by atoms with Gasteiger partial charge >= 0.3 is 0 Å².